The number of carboxylic acids is 1. The predicted octanol–water partition coefficient (Wildman–Crippen LogP) is 2.45. The first-order valence-corrected chi connectivity index (χ1v) is 6.13. The van der Waals surface area contributed by atoms with Gasteiger partial charge in [-0.25, -0.2) is 14.3 Å². The molecule has 100 valence electrons. The third-order valence-electron chi connectivity index (χ3n) is 2.89. The summed E-state index contributed by atoms with van der Waals surface area (Å²) < 4.78 is 1.31. The van der Waals surface area contributed by atoms with Crippen LogP contribution >= 0.6 is 11.6 Å². The van der Waals surface area contributed by atoms with Gasteiger partial charge in [-0.3, -0.25) is 4.98 Å². The van der Waals surface area contributed by atoms with Gasteiger partial charge in [-0.1, -0.05) is 11.6 Å². The molecule has 3 aromatic rings. The second kappa shape index (κ2) is 4.57. The molecule has 7 heteroatoms. The van der Waals surface area contributed by atoms with Crippen LogP contribution in [0.2, 0.25) is 5.02 Å². The summed E-state index contributed by atoms with van der Waals surface area (Å²) >= 11 is 5.91. The summed E-state index contributed by atoms with van der Waals surface area (Å²) in [6, 6.07) is 3.56. The van der Waals surface area contributed by atoms with Gasteiger partial charge in [0, 0.05) is 18.0 Å². The number of pyridine rings is 1. The normalized spacial score (nSPS) is 10.9. The van der Waals surface area contributed by atoms with Crippen molar-refractivity contribution in [1.29, 1.82) is 0 Å². The zero-order valence-electron chi connectivity index (χ0n) is 10.4. The van der Waals surface area contributed by atoms with Crippen LogP contribution in [0.1, 0.15) is 16.2 Å². The molecule has 6 nitrogen and oxygen atoms in total. The van der Waals surface area contributed by atoms with Crippen LogP contribution in [0.25, 0.3) is 16.8 Å². The summed E-state index contributed by atoms with van der Waals surface area (Å²) in [4.78, 5) is 19.0. The van der Waals surface area contributed by atoms with Crippen molar-refractivity contribution in [3.05, 3.63) is 47.1 Å². The number of imidazole rings is 1. The highest BCUT2D eigenvalue weighted by Gasteiger charge is 2.15. The largest absolute Gasteiger partial charge is 0.475 e. The molecule has 0 spiro atoms. The second-order valence-corrected chi connectivity index (χ2v) is 4.72. The van der Waals surface area contributed by atoms with E-state index in [1.165, 1.54) is 16.9 Å². The van der Waals surface area contributed by atoms with E-state index in [1.54, 1.807) is 12.3 Å². The van der Waals surface area contributed by atoms with Crippen LogP contribution < -0.4 is 0 Å². The summed E-state index contributed by atoms with van der Waals surface area (Å²) in [5, 5.41) is 13.9. The molecule has 0 saturated heterocycles. The Morgan fingerprint density at radius 1 is 1.30 bits per heavy atom. The minimum atomic E-state index is -1.13. The van der Waals surface area contributed by atoms with E-state index in [2.05, 4.69) is 15.1 Å². The molecule has 3 aromatic heterocycles. The van der Waals surface area contributed by atoms with Crippen LogP contribution in [0.4, 0.5) is 0 Å². The van der Waals surface area contributed by atoms with Crippen LogP contribution in [-0.2, 0) is 0 Å². The molecule has 0 fully saturated rings. The van der Waals surface area contributed by atoms with E-state index in [0.29, 0.717) is 21.8 Å². The number of hydrogen-bond acceptors (Lipinski definition) is 4. The Morgan fingerprint density at radius 3 is 2.80 bits per heavy atom. The maximum Gasteiger partial charge on any atom is 0.374 e. The number of aromatic carboxylic acids is 1. The molecule has 0 aliphatic heterocycles. The molecular formula is C13H9ClN4O2. The van der Waals surface area contributed by atoms with Gasteiger partial charge < -0.3 is 5.11 Å². The first-order valence-electron chi connectivity index (χ1n) is 5.76. The molecule has 3 heterocycles. The minimum Gasteiger partial charge on any atom is -0.475 e. The minimum absolute atomic E-state index is 0.125. The van der Waals surface area contributed by atoms with Crippen molar-refractivity contribution >= 4 is 23.1 Å². The number of nitrogens with zero attached hydrogens (tertiary/aromatic N) is 4. The predicted molar refractivity (Wildman–Crippen MR) is 72.9 cm³/mol. The fraction of sp³-hybridized carbons (Fsp3) is 0.0769. The first-order chi connectivity index (χ1) is 9.56. The summed E-state index contributed by atoms with van der Waals surface area (Å²) in [6.45, 7) is 1.87. The molecular weight excluding hydrogens is 280 g/mol. The third kappa shape index (κ3) is 2.00. The van der Waals surface area contributed by atoms with Gasteiger partial charge in [-0.05, 0) is 24.6 Å². The molecule has 0 saturated carbocycles. The topological polar surface area (TPSA) is 80.4 Å². The molecule has 0 aliphatic carbocycles. The van der Waals surface area contributed by atoms with E-state index in [9.17, 15) is 4.79 Å². The third-order valence-corrected chi connectivity index (χ3v) is 3.10. The zero-order valence-corrected chi connectivity index (χ0v) is 11.2. The standard InChI is InChI=1S/C13H9ClN4O2/c1-7-2-10(8-3-9(14)5-15-4-8)17-18-11(7)6-16-12(18)13(19)20/h2-6H,1H3,(H,19,20). The van der Waals surface area contributed by atoms with Gasteiger partial charge in [0.25, 0.3) is 0 Å². The average molecular weight is 289 g/mol. The van der Waals surface area contributed by atoms with Crippen molar-refractivity contribution in [2.24, 2.45) is 0 Å². The molecule has 20 heavy (non-hydrogen) atoms. The molecule has 0 radical (unpaired) electrons. The highest BCUT2D eigenvalue weighted by molar-refractivity contribution is 6.30. The smallest absolute Gasteiger partial charge is 0.374 e. The van der Waals surface area contributed by atoms with E-state index >= 15 is 0 Å². The highest BCUT2D eigenvalue weighted by Crippen LogP contribution is 2.22. The molecule has 0 amide bonds. The summed E-state index contributed by atoms with van der Waals surface area (Å²) in [5.74, 6) is -1.25. The molecule has 0 aliphatic rings. The highest BCUT2D eigenvalue weighted by atomic mass is 35.5. The van der Waals surface area contributed by atoms with Crippen LogP contribution in [-0.4, -0.2) is 30.7 Å². The van der Waals surface area contributed by atoms with Gasteiger partial charge in [0.2, 0.25) is 5.82 Å². The van der Waals surface area contributed by atoms with E-state index in [4.69, 9.17) is 16.7 Å². The van der Waals surface area contributed by atoms with Gasteiger partial charge in [0.15, 0.2) is 0 Å². The summed E-state index contributed by atoms with van der Waals surface area (Å²) in [6.07, 6.45) is 4.64. The van der Waals surface area contributed by atoms with E-state index in [-0.39, 0.29) is 5.82 Å². The lowest BCUT2D eigenvalue weighted by atomic mass is 10.1. The lowest BCUT2D eigenvalue weighted by Crippen LogP contribution is -2.07. The monoisotopic (exact) mass is 288 g/mol. The van der Waals surface area contributed by atoms with Crippen molar-refractivity contribution in [3.8, 4) is 11.3 Å². The lowest BCUT2D eigenvalue weighted by molar-refractivity contribution is 0.0681. The molecule has 0 atom stereocenters. The number of hydrogen-bond donors (Lipinski definition) is 1. The number of halogens is 1. The van der Waals surface area contributed by atoms with Gasteiger partial charge in [-0.15, -0.1) is 0 Å². The van der Waals surface area contributed by atoms with Crippen LogP contribution in [0.3, 0.4) is 0 Å². The van der Waals surface area contributed by atoms with Gasteiger partial charge >= 0.3 is 5.97 Å². The van der Waals surface area contributed by atoms with Crippen molar-refractivity contribution < 1.29 is 9.90 Å². The van der Waals surface area contributed by atoms with Crippen molar-refractivity contribution in [3.63, 3.8) is 0 Å². The van der Waals surface area contributed by atoms with Gasteiger partial charge in [0.1, 0.15) is 0 Å². The van der Waals surface area contributed by atoms with Gasteiger partial charge in [0.05, 0.1) is 22.4 Å². The summed E-state index contributed by atoms with van der Waals surface area (Å²) in [7, 11) is 0. The van der Waals surface area contributed by atoms with Crippen LogP contribution in [0.15, 0.2) is 30.7 Å². The van der Waals surface area contributed by atoms with Crippen molar-refractivity contribution in [2.75, 3.05) is 0 Å². The average Bonchev–Trinajstić information content (AvgIpc) is 2.83. The summed E-state index contributed by atoms with van der Waals surface area (Å²) in [5.41, 5.74) is 2.83. The fourth-order valence-electron chi connectivity index (χ4n) is 1.97. The Balaban J connectivity index is 2.27. The fourth-order valence-corrected chi connectivity index (χ4v) is 2.14. The Morgan fingerprint density at radius 2 is 2.10 bits per heavy atom. The number of carboxylic acid groups (broad SMARTS) is 1. The SMILES string of the molecule is Cc1cc(-c2cncc(Cl)c2)nn2c(C(=O)O)ncc12. The Hall–Kier alpha value is -2.47. The number of aromatic nitrogens is 4. The van der Waals surface area contributed by atoms with Crippen LogP contribution in [0, 0.1) is 6.92 Å². The lowest BCUT2D eigenvalue weighted by Gasteiger charge is -2.05. The zero-order chi connectivity index (χ0) is 14.3. The number of rotatable bonds is 2. The van der Waals surface area contributed by atoms with Gasteiger partial charge in [-0.2, -0.15) is 5.10 Å². The molecule has 0 bridgehead atoms. The molecule has 1 N–H and O–H groups in total. The second-order valence-electron chi connectivity index (χ2n) is 4.29. The van der Waals surface area contributed by atoms with E-state index in [0.717, 1.165) is 5.56 Å². The molecule has 0 unspecified atom stereocenters. The Kier molecular flexibility index (Phi) is 2.87. The number of carbonyl (C=O) groups is 1. The number of fused-ring (bicyclic) bond motifs is 1. The quantitative estimate of drug-likeness (QED) is 0.783. The first kappa shape index (κ1) is 12.6. The van der Waals surface area contributed by atoms with Crippen molar-refractivity contribution in [2.45, 2.75) is 6.92 Å². The molecule has 3 rings (SSSR count). The maximum atomic E-state index is 11.1. The molecule has 0 aromatic carbocycles. The Bertz CT molecular complexity index is 828. The van der Waals surface area contributed by atoms with E-state index < -0.39 is 5.97 Å². The van der Waals surface area contributed by atoms with E-state index in [1.807, 2.05) is 13.0 Å². The maximum absolute atomic E-state index is 11.1. The Labute approximate surface area is 118 Å². The number of aryl methyl sites for hydroxylation is 1. The van der Waals surface area contributed by atoms with Crippen LogP contribution in [0.5, 0.6) is 0 Å². The van der Waals surface area contributed by atoms with Crippen molar-refractivity contribution in [1.82, 2.24) is 19.6 Å².